The summed E-state index contributed by atoms with van der Waals surface area (Å²) in [6, 6.07) is 0. The molecule has 1 aliphatic carbocycles. The molecule has 2 rings (SSSR count). The van der Waals surface area contributed by atoms with E-state index in [9.17, 15) is 9.59 Å². The number of carbonyl (C=O) groups is 2. The molecule has 0 unspecified atom stereocenters. The van der Waals surface area contributed by atoms with E-state index in [1.807, 2.05) is 13.8 Å². The quantitative estimate of drug-likeness (QED) is 0.463. The number of ketones is 1. The molecule has 5 atom stereocenters. The number of ether oxygens (including phenoxy) is 1. The topological polar surface area (TPSA) is 52.6 Å². The van der Waals surface area contributed by atoms with Crippen molar-refractivity contribution in [3.8, 4) is 0 Å². The van der Waals surface area contributed by atoms with E-state index in [1.165, 1.54) is 0 Å². The number of esters is 1. The van der Waals surface area contributed by atoms with Crippen molar-refractivity contribution in [2.75, 3.05) is 6.61 Å². The van der Waals surface area contributed by atoms with Crippen LogP contribution in [0.1, 0.15) is 74.1 Å². The summed E-state index contributed by atoms with van der Waals surface area (Å²) in [7, 11) is -1.82. The van der Waals surface area contributed by atoms with Gasteiger partial charge in [0.1, 0.15) is 11.9 Å². The van der Waals surface area contributed by atoms with Gasteiger partial charge in [-0.25, -0.2) is 0 Å². The third-order valence-electron chi connectivity index (χ3n) is 8.08. The first kappa shape index (κ1) is 22.6. The second-order valence-electron chi connectivity index (χ2n) is 11.0. The van der Waals surface area contributed by atoms with E-state index in [0.29, 0.717) is 18.8 Å². The molecule has 0 spiro atoms. The average Bonchev–Trinajstić information content (AvgIpc) is 2.77. The Morgan fingerprint density at radius 1 is 1.15 bits per heavy atom. The molecule has 0 aromatic heterocycles. The number of hydrogen-bond donors (Lipinski definition) is 0. The fourth-order valence-corrected chi connectivity index (χ4v) is 5.90. The largest absolute Gasteiger partial charge is 0.462 e. The van der Waals surface area contributed by atoms with Crippen molar-refractivity contribution in [1.82, 2.24) is 0 Å². The molecule has 2 aliphatic rings. The lowest BCUT2D eigenvalue weighted by Gasteiger charge is -2.51. The molecule has 0 N–H and O–H groups in total. The van der Waals surface area contributed by atoms with Crippen molar-refractivity contribution in [1.29, 1.82) is 0 Å². The lowest BCUT2D eigenvalue weighted by atomic mass is 9.50. The Morgan fingerprint density at radius 2 is 1.74 bits per heavy atom. The molecule has 27 heavy (non-hydrogen) atoms. The Kier molecular flexibility index (Phi) is 6.10. The minimum atomic E-state index is -1.82. The SMILES string of the molecule is C[C@@H]1C[C@](C)([C@]2(C)C[C@H](C)OC2=O)[C@H](CCO[Si](C)(C)C(C)(C)C)CC1=O. The molecule has 0 aromatic rings. The second-order valence-corrected chi connectivity index (χ2v) is 15.8. The summed E-state index contributed by atoms with van der Waals surface area (Å²) < 4.78 is 12.0. The van der Waals surface area contributed by atoms with E-state index in [1.54, 1.807) is 0 Å². The fourth-order valence-electron chi connectivity index (χ4n) is 4.83. The maximum absolute atomic E-state index is 12.8. The summed E-state index contributed by atoms with van der Waals surface area (Å²) in [6.45, 7) is 20.2. The number of hydrogen-bond acceptors (Lipinski definition) is 4. The molecule has 1 heterocycles. The van der Waals surface area contributed by atoms with Crippen LogP contribution in [0, 0.1) is 22.7 Å². The van der Waals surface area contributed by atoms with Crippen molar-refractivity contribution >= 4 is 20.1 Å². The van der Waals surface area contributed by atoms with Crippen LogP contribution in [-0.2, 0) is 18.8 Å². The number of rotatable bonds is 5. The monoisotopic (exact) mass is 396 g/mol. The zero-order valence-corrected chi connectivity index (χ0v) is 19.9. The van der Waals surface area contributed by atoms with E-state index in [0.717, 1.165) is 19.3 Å². The van der Waals surface area contributed by atoms with Crippen LogP contribution in [0.3, 0.4) is 0 Å². The molecule has 2 fully saturated rings. The van der Waals surface area contributed by atoms with Gasteiger partial charge in [-0.3, -0.25) is 9.59 Å². The standard InChI is InChI=1S/C22H40O4Si/c1-15-13-21(6,22(7)14-16(2)26-19(22)24)17(12-18(15)23)10-11-25-27(8,9)20(3,4)5/h15-17H,10-14H2,1-9H3/t15-,16+,17-,21+,22-/m1/s1. The summed E-state index contributed by atoms with van der Waals surface area (Å²) >= 11 is 0. The normalized spacial score (nSPS) is 38.2. The molecular formula is C22H40O4Si. The predicted octanol–water partition coefficient (Wildman–Crippen LogP) is 5.36. The Morgan fingerprint density at radius 3 is 2.22 bits per heavy atom. The van der Waals surface area contributed by atoms with Crippen molar-refractivity contribution < 1.29 is 18.8 Å². The minimum absolute atomic E-state index is 0.00749. The van der Waals surface area contributed by atoms with E-state index in [-0.39, 0.29) is 34.4 Å². The fraction of sp³-hybridized carbons (Fsp3) is 0.909. The highest BCUT2D eigenvalue weighted by Gasteiger charge is 2.60. The van der Waals surface area contributed by atoms with Gasteiger partial charge in [0, 0.05) is 25.4 Å². The highest BCUT2D eigenvalue weighted by molar-refractivity contribution is 6.74. The van der Waals surface area contributed by atoms with Crippen molar-refractivity contribution in [3.63, 3.8) is 0 Å². The molecule has 4 nitrogen and oxygen atoms in total. The lowest BCUT2D eigenvalue weighted by Crippen LogP contribution is -2.52. The molecule has 5 heteroatoms. The summed E-state index contributed by atoms with van der Waals surface area (Å²) in [5, 5.41) is 0.171. The third kappa shape index (κ3) is 4.05. The summed E-state index contributed by atoms with van der Waals surface area (Å²) in [6.07, 6.45) is 2.84. The second kappa shape index (κ2) is 7.29. The number of carbonyl (C=O) groups excluding carboxylic acids is 2. The van der Waals surface area contributed by atoms with Crippen molar-refractivity contribution in [2.24, 2.45) is 22.7 Å². The molecular weight excluding hydrogens is 356 g/mol. The van der Waals surface area contributed by atoms with Gasteiger partial charge in [0.05, 0.1) is 5.41 Å². The highest BCUT2D eigenvalue weighted by Crippen LogP contribution is 2.59. The summed E-state index contributed by atoms with van der Waals surface area (Å²) in [5.41, 5.74) is -0.762. The lowest BCUT2D eigenvalue weighted by molar-refractivity contribution is -0.161. The first-order chi connectivity index (χ1) is 12.1. The van der Waals surface area contributed by atoms with Crippen LogP contribution in [0.5, 0.6) is 0 Å². The molecule has 0 aromatic carbocycles. The van der Waals surface area contributed by atoms with Crippen LogP contribution < -0.4 is 0 Å². The Labute approximate surface area is 166 Å². The van der Waals surface area contributed by atoms with Gasteiger partial charge in [-0.05, 0) is 56.2 Å². The third-order valence-corrected chi connectivity index (χ3v) is 12.6. The molecule has 1 aliphatic heterocycles. The van der Waals surface area contributed by atoms with Crippen LogP contribution in [0.2, 0.25) is 18.1 Å². The first-order valence-electron chi connectivity index (χ1n) is 10.5. The van der Waals surface area contributed by atoms with Crippen LogP contribution in [0.15, 0.2) is 0 Å². The number of cyclic esters (lactones) is 1. The van der Waals surface area contributed by atoms with E-state index >= 15 is 0 Å². The zero-order chi connectivity index (χ0) is 20.8. The maximum atomic E-state index is 12.8. The van der Waals surface area contributed by atoms with Gasteiger partial charge >= 0.3 is 5.97 Å². The number of Topliss-reactive ketones (excluding diaryl/α,β-unsaturated/α-hetero) is 1. The van der Waals surface area contributed by atoms with Gasteiger partial charge in [0.15, 0.2) is 8.32 Å². The zero-order valence-electron chi connectivity index (χ0n) is 18.9. The van der Waals surface area contributed by atoms with Crippen LogP contribution >= 0.6 is 0 Å². The molecule has 1 saturated carbocycles. The Hall–Kier alpha value is -0.683. The first-order valence-corrected chi connectivity index (χ1v) is 13.4. The maximum Gasteiger partial charge on any atom is 0.312 e. The van der Waals surface area contributed by atoms with Gasteiger partial charge in [0.2, 0.25) is 0 Å². The molecule has 0 amide bonds. The Balaban J connectivity index is 2.21. The van der Waals surface area contributed by atoms with Crippen LogP contribution in [-0.4, -0.2) is 32.8 Å². The smallest absolute Gasteiger partial charge is 0.312 e. The van der Waals surface area contributed by atoms with Gasteiger partial charge in [-0.1, -0.05) is 34.6 Å². The van der Waals surface area contributed by atoms with Gasteiger partial charge in [-0.2, -0.15) is 0 Å². The van der Waals surface area contributed by atoms with E-state index in [4.69, 9.17) is 9.16 Å². The molecule has 0 bridgehead atoms. The van der Waals surface area contributed by atoms with Gasteiger partial charge in [-0.15, -0.1) is 0 Å². The average molecular weight is 397 g/mol. The summed E-state index contributed by atoms with van der Waals surface area (Å²) in [5.74, 6) is 0.407. The summed E-state index contributed by atoms with van der Waals surface area (Å²) in [4.78, 5) is 25.3. The Bertz CT molecular complexity index is 594. The van der Waals surface area contributed by atoms with E-state index in [2.05, 4.69) is 47.7 Å². The minimum Gasteiger partial charge on any atom is -0.462 e. The van der Waals surface area contributed by atoms with Gasteiger partial charge < -0.3 is 9.16 Å². The predicted molar refractivity (Wildman–Crippen MR) is 111 cm³/mol. The van der Waals surface area contributed by atoms with Crippen LogP contribution in [0.4, 0.5) is 0 Å². The van der Waals surface area contributed by atoms with E-state index < -0.39 is 13.7 Å². The molecule has 156 valence electrons. The van der Waals surface area contributed by atoms with Crippen LogP contribution in [0.25, 0.3) is 0 Å². The van der Waals surface area contributed by atoms with Crippen molar-refractivity contribution in [3.05, 3.63) is 0 Å². The molecule has 1 saturated heterocycles. The van der Waals surface area contributed by atoms with Gasteiger partial charge in [0.25, 0.3) is 0 Å². The highest BCUT2D eigenvalue weighted by atomic mass is 28.4. The molecule has 0 radical (unpaired) electrons. The van der Waals surface area contributed by atoms with Crippen molar-refractivity contribution in [2.45, 2.75) is 98.4 Å².